The molecule has 1 aliphatic rings. The molecule has 0 saturated carbocycles. The number of nitrogens with zero attached hydrogens (tertiary/aromatic N) is 4. The highest BCUT2D eigenvalue weighted by atomic mass is 19.1. The maximum Gasteiger partial charge on any atom is 0.193 e. The average molecular weight is 371 g/mol. The smallest absolute Gasteiger partial charge is 0.193 e. The van der Waals surface area contributed by atoms with Gasteiger partial charge in [0.25, 0.3) is 0 Å². The quantitative estimate of drug-likeness (QED) is 0.645. The Balaban J connectivity index is 1.63. The van der Waals surface area contributed by atoms with Crippen LogP contribution in [0, 0.1) is 5.82 Å². The molecule has 0 atom stereocenters. The molecule has 2 heterocycles. The number of morpholine rings is 1. The standard InChI is InChI=1S/C20H26FN5O/c1-22-20(25(2)15-16-5-7-18(21)8-6-16)24-14-17-4-3-9-23-19(17)26-10-12-27-13-11-26/h3-9H,10-15H2,1-2H3,(H,22,24). The van der Waals surface area contributed by atoms with Crippen molar-refractivity contribution in [1.29, 1.82) is 0 Å². The number of nitrogens with one attached hydrogen (secondary N) is 1. The molecule has 6 nitrogen and oxygen atoms in total. The van der Waals surface area contributed by atoms with Crippen LogP contribution in [0.25, 0.3) is 0 Å². The molecule has 144 valence electrons. The Hall–Kier alpha value is -2.67. The van der Waals surface area contributed by atoms with Crippen LogP contribution in [0.2, 0.25) is 0 Å². The lowest BCUT2D eigenvalue weighted by Crippen LogP contribution is -2.40. The Morgan fingerprint density at radius 1 is 1.26 bits per heavy atom. The minimum atomic E-state index is -0.226. The number of ether oxygens (including phenoxy) is 1. The van der Waals surface area contributed by atoms with Crippen LogP contribution in [0.5, 0.6) is 0 Å². The molecule has 0 unspecified atom stereocenters. The Bertz CT molecular complexity index is 759. The van der Waals surface area contributed by atoms with Gasteiger partial charge in [0.15, 0.2) is 5.96 Å². The van der Waals surface area contributed by atoms with E-state index in [2.05, 4.69) is 26.3 Å². The summed E-state index contributed by atoms with van der Waals surface area (Å²) in [6, 6.07) is 10.6. The van der Waals surface area contributed by atoms with Gasteiger partial charge in [-0.05, 0) is 23.8 Å². The topological polar surface area (TPSA) is 53.0 Å². The fourth-order valence-electron chi connectivity index (χ4n) is 3.13. The molecule has 1 N–H and O–H groups in total. The van der Waals surface area contributed by atoms with Crippen LogP contribution in [-0.4, -0.2) is 56.2 Å². The first-order valence-corrected chi connectivity index (χ1v) is 9.10. The molecule has 0 bridgehead atoms. The number of benzene rings is 1. The summed E-state index contributed by atoms with van der Waals surface area (Å²) >= 11 is 0. The van der Waals surface area contributed by atoms with E-state index < -0.39 is 0 Å². The summed E-state index contributed by atoms with van der Waals surface area (Å²) in [5.41, 5.74) is 2.15. The van der Waals surface area contributed by atoms with Gasteiger partial charge in [0.05, 0.1) is 13.2 Å². The third kappa shape index (κ3) is 5.17. The van der Waals surface area contributed by atoms with Crippen LogP contribution in [0.4, 0.5) is 10.2 Å². The second-order valence-corrected chi connectivity index (χ2v) is 6.47. The first-order valence-electron chi connectivity index (χ1n) is 9.10. The monoisotopic (exact) mass is 371 g/mol. The van der Waals surface area contributed by atoms with Crippen LogP contribution in [0.15, 0.2) is 47.6 Å². The molecule has 27 heavy (non-hydrogen) atoms. The predicted molar refractivity (Wildman–Crippen MR) is 105 cm³/mol. The van der Waals surface area contributed by atoms with Crippen molar-refractivity contribution in [3.05, 3.63) is 59.5 Å². The van der Waals surface area contributed by atoms with Crippen LogP contribution in [0.3, 0.4) is 0 Å². The van der Waals surface area contributed by atoms with Gasteiger partial charge in [0.2, 0.25) is 0 Å². The number of guanidine groups is 1. The number of halogens is 1. The first kappa shape index (κ1) is 19.1. The normalized spacial score (nSPS) is 14.9. The van der Waals surface area contributed by atoms with E-state index >= 15 is 0 Å². The zero-order valence-corrected chi connectivity index (χ0v) is 15.9. The molecule has 1 aromatic carbocycles. The van der Waals surface area contributed by atoms with Crippen molar-refractivity contribution in [2.24, 2.45) is 4.99 Å². The first-order chi connectivity index (χ1) is 13.2. The molecule has 3 rings (SSSR count). The molecule has 1 aromatic heterocycles. The zero-order valence-electron chi connectivity index (χ0n) is 15.9. The molecular weight excluding hydrogens is 345 g/mol. The summed E-state index contributed by atoms with van der Waals surface area (Å²) in [4.78, 5) is 13.2. The van der Waals surface area contributed by atoms with E-state index in [1.54, 1.807) is 19.2 Å². The van der Waals surface area contributed by atoms with Gasteiger partial charge in [-0.3, -0.25) is 4.99 Å². The van der Waals surface area contributed by atoms with Gasteiger partial charge in [0, 0.05) is 52.0 Å². The lowest BCUT2D eigenvalue weighted by atomic mass is 10.2. The van der Waals surface area contributed by atoms with Gasteiger partial charge in [-0.25, -0.2) is 9.37 Å². The third-order valence-corrected chi connectivity index (χ3v) is 4.52. The highest BCUT2D eigenvalue weighted by Gasteiger charge is 2.16. The van der Waals surface area contributed by atoms with Crippen molar-refractivity contribution in [1.82, 2.24) is 15.2 Å². The van der Waals surface area contributed by atoms with E-state index in [1.807, 2.05) is 24.2 Å². The molecule has 1 saturated heterocycles. The van der Waals surface area contributed by atoms with Gasteiger partial charge in [-0.2, -0.15) is 0 Å². The van der Waals surface area contributed by atoms with E-state index in [1.165, 1.54) is 12.1 Å². The number of anilines is 1. The fourth-order valence-corrected chi connectivity index (χ4v) is 3.13. The molecular formula is C20H26FN5O. The Labute approximate surface area is 159 Å². The Morgan fingerprint density at radius 3 is 2.70 bits per heavy atom. The third-order valence-electron chi connectivity index (χ3n) is 4.52. The number of aliphatic imine (C=N–C) groups is 1. The van der Waals surface area contributed by atoms with Crippen molar-refractivity contribution in [2.75, 3.05) is 45.3 Å². The second-order valence-electron chi connectivity index (χ2n) is 6.47. The summed E-state index contributed by atoms with van der Waals surface area (Å²) in [5.74, 6) is 1.54. The van der Waals surface area contributed by atoms with Crippen LogP contribution in [0.1, 0.15) is 11.1 Å². The molecule has 1 aliphatic heterocycles. The SMILES string of the molecule is CN=C(NCc1cccnc1N1CCOCC1)N(C)Cc1ccc(F)cc1. The molecule has 0 aliphatic carbocycles. The van der Waals surface area contributed by atoms with Gasteiger partial charge < -0.3 is 19.9 Å². The van der Waals surface area contributed by atoms with E-state index in [0.29, 0.717) is 13.1 Å². The Kier molecular flexibility index (Phi) is 6.59. The number of hydrogen-bond donors (Lipinski definition) is 1. The van der Waals surface area contributed by atoms with Crippen LogP contribution < -0.4 is 10.2 Å². The molecule has 0 spiro atoms. The van der Waals surface area contributed by atoms with Gasteiger partial charge in [-0.15, -0.1) is 0 Å². The van der Waals surface area contributed by atoms with E-state index in [9.17, 15) is 4.39 Å². The Morgan fingerprint density at radius 2 is 2.00 bits per heavy atom. The van der Waals surface area contributed by atoms with Crippen LogP contribution in [-0.2, 0) is 17.8 Å². The zero-order chi connectivity index (χ0) is 19.1. The van der Waals surface area contributed by atoms with Crippen LogP contribution >= 0.6 is 0 Å². The van der Waals surface area contributed by atoms with Gasteiger partial charge >= 0.3 is 0 Å². The van der Waals surface area contributed by atoms with Gasteiger partial charge in [-0.1, -0.05) is 18.2 Å². The molecule has 0 radical (unpaired) electrons. The number of rotatable bonds is 5. The van der Waals surface area contributed by atoms with Crippen molar-refractivity contribution in [3.8, 4) is 0 Å². The average Bonchev–Trinajstić information content (AvgIpc) is 2.71. The molecule has 1 fully saturated rings. The van der Waals surface area contributed by atoms with Crippen molar-refractivity contribution in [3.63, 3.8) is 0 Å². The number of aromatic nitrogens is 1. The highest BCUT2D eigenvalue weighted by Crippen LogP contribution is 2.18. The fraction of sp³-hybridized carbons (Fsp3) is 0.400. The van der Waals surface area contributed by atoms with Crippen molar-refractivity contribution >= 4 is 11.8 Å². The highest BCUT2D eigenvalue weighted by molar-refractivity contribution is 5.79. The predicted octanol–water partition coefficient (Wildman–Crippen LogP) is 2.26. The number of pyridine rings is 1. The number of hydrogen-bond acceptors (Lipinski definition) is 4. The minimum absolute atomic E-state index is 0.226. The second kappa shape index (κ2) is 9.32. The largest absolute Gasteiger partial charge is 0.378 e. The summed E-state index contributed by atoms with van der Waals surface area (Å²) in [7, 11) is 3.72. The summed E-state index contributed by atoms with van der Waals surface area (Å²) in [6.07, 6.45) is 1.82. The molecule has 2 aromatic rings. The summed E-state index contributed by atoms with van der Waals surface area (Å²) in [5, 5.41) is 3.40. The van der Waals surface area contributed by atoms with Gasteiger partial charge in [0.1, 0.15) is 11.6 Å². The lowest BCUT2D eigenvalue weighted by Gasteiger charge is -2.30. The lowest BCUT2D eigenvalue weighted by molar-refractivity contribution is 0.122. The van der Waals surface area contributed by atoms with E-state index in [-0.39, 0.29) is 5.82 Å². The van der Waals surface area contributed by atoms with Crippen molar-refractivity contribution in [2.45, 2.75) is 13.1 Å². The van der Waals surface area contributed by atoms with E-state index in [0.717, 1.165) is 49.2 Å². The maximum absolute atomic E-state index is 13.1. The summed E-state index contributed by atoms with van der Waals surface area (Å²) < 4.78 is 18.5. The minimum Gasteiger partial charge on any atom is -0.378 e. The molecule has 0 amide bonds. The summed E-state index contributed by atoms with van der Waals surface area (Å²) in [6.45, 7) is 4.42. The molecule has 7 heteroatoms. The van der Waals surface area contributed by atoms with Crippen molar-refractivity contribution < 1.29 is 9.13 Å². The van der Waals surface area contributed by atoms with E-state index in [4.69, 9.17) is 4.74 Å². The maximum atomic E-state index is 13.1.